The smallest absolute Gasteiger partial charge is 0.246 e. The van der Waals surface area contributed by atoms with E-state index in [1.54, 1.807) is 22.4 Å². The Hall–Kier alpha value is -2.28. The average molecular weight is 314 g/mol. The second-order valence-electron chi connectivity index (χ2n) is 5.31. The van der Waals surface area contributed by atoms with E-state index in [4.69, 9.17) is 4.52 Å². The zero-order valence-corrected chi connectivity index (χ0v) is 12.7. The van der Waals surface area contributed by atoms with Gasteiger partial charge in [0.15, 0.2) is 0 Å². The van der Waals surface area contributed by atoms with Crippen molar-refractivity contribution in [3.8, 4) is 11.4 Å². The fraction of sp³-hybridized carbons (Fsp3) is 0.333. The summed E-state index contributed by atoms with van der Waals surface area (Å²) < 4.78 is 6.38. The van der Waals surface area contributed by atoms with Crippen molar-refractivity contribution in [2.24, 2.45) is 0 Å². The van der Waals surface area contributed by atoms with Gasteiger partial charge in [-0.1, -0.05) is 5.16 Å². The lowest BCUT2D eigenvalue weighted by Gasteiger charge is -2.24. The van der Waals surface area contributed by atoms with Crippen LogP contribution < -0.4 is 0 Å². The highest BCUT2D eigenvalue weighted by molar-refractivity contribution is 7.17. The van der Waals surface area contributed by atoms with Crippen molar-refractivity contribution in [2.45, 2.75) is 25.8 Å². The Balaban J connectivity index is 1.56. The maximum Gasteiger partial charge on any atom is 0.246 e. The van der Waals surface area contributed by atoms with E-state index in [1.165, 1.54) is 0 Å². The number of nitrogens with zero attached hydrogens (tertiary/aromatic N) is 4. The molecule has 1 fully saturated rings. The van der Waals surface area contributed by atoms with Crippen molar-refractivity contribution in [3.63, 3.8) is 0 Å². The van der Waals surface area contributed by atoms with Crippen LogP contribution in [0.15, 0.2) is 28.2 Å². The van der Waals surface area contributed by atoms with Crippen LogP contribution in [0.1, 0.15) is 25.2 Å². The van der Waals surface area contributed by atoms with Crippen molar-refractivity contribution < 1.29 is 9.32 Å². The van der Waals surface area contributed by atoms with E-state index in [9.17, 15) is 4.79 Å². The number of thiophene rings is 1. The summed E-state index contributed by atoms with van der Waals surface area (Å²) in [4.78, 5) is 22.4. The summed E-state index contributed by atoms with van der Waals surface area (Å²) in [5.74, 6) is 1.14. The molecule has 0 radical (unpaired) electrons. The molecule has 1 aliphatic heterocycles. The number of rotatable bonds is 3. The van der Waals surface area contributed by atoms with Crippen LogP contribution in [0.5, 0.6) is 0 Å². The van der Waals surface area contributed by atoms with E-state index in [1.807, 2.05) is 17.5 Å². The Bertz CT molecular complexity index is 826. The molecule has 0 N–H and O–H groups in total. The molecule has 0 bridgehead atoms. The molecule has 1 amide bonds. The number of carbonyl (C=O) groups excluding carboxylic acids is 1. The average Bonchev–Trinajstić information content (AvgIpc) is 3.17. The highest BCUT2D eigenvalue weighted by Gasteiger charge is 2.21. The first-order valence-electron chi connectivity index (χ1n) is 7.23. The summed E-state index contributed by atoms with van der Waals surface area (Å²) in [6.45, 7) is 1.15. The Morgan fingerprint density at radius 3 is 3.23 bits per heavy atom. The van der Waals surface area contributed by atoms with Crippen LogP contribution in [-0.4, -0.2) is 32.5 Å². The molecule has 0 saturated carbocycles. The Kier molecular flexibility index (Phi) is 3.34. The van der Waals surface area contributed by atoms with E-state index in [0.717, 1.165) is 35.2 Å². The highest BCUT2D eigenvalue weighted by Crippen LogP contribution is 2.24. The van der Waals surface area contributed by atoms with Crippen molar-refractivity contribution >= 4 is 27.5 Å². The Morgan fingerprint density at radius 1 is 1.36 bits per heavy atom. The van der Waals surface area contributed by atoms with Gasteiger partial charge in [0.1, 0.15) is 0 Å². The van der Waals surface area contributed by atoms with Gasteiger partial charge in [-0.3, -0.25) is 9.78 Å². The van der Waals surface area contributed by atoms with Gasteiger partial charge in [0.25, 0.3) is 0 Å². The van der Waals surface area contributed by atoms with Crippen molar-refractivity contribution in [1.82, 2.24) is 20.0 Å². The summed E-state index contributed by atoms with van der Waals surface area (Å²) in [7, 11) is 0. The number of carbonyl (C=O) groups is 1. The Morgan fingerprint density at radius 2 is 2.32 bits per heavy atom. The Labute approximate surface area is 130 Å². The minimum Gasteiger partial charge on any atom is -0.337 e. The molecule has 3 aromatic rings. The predicted octanol–water partition coefficient (Wildman–Crippen LogP) is 2.86. The van der Waals surface area contributed by atoms with E-state index in [-0.39, 0.29) is 5.91 Å². The van der Waals surface area contributed by atoms with E-state index in [2.05, 4.69) is 15.1 Å². The molecule has 0 atom stereocenters. The maximum absolute atomic E-state index is 11.8. The third-order valence-electron chi connectivity index (χ3n) is 3.78. The van der Waals surface area contributed by atoms with Crippen molar-refractivity contribution in [1.29, 1.82) is 0 Å². The molecule has 4 rings (SSSR count). The van der Waals surface area contributed by atoms with Gasteiger partial charge in [0.05, 0.1) is 16.8 Å². The van der Waals surface area contributed by atoms with E-state index in [0.29, 0.717) is 24.7 Å². The number of pyridine rings is 1. The van der Waals surface area contributed by atoms with Gasteiger partial charge in [0, 0.05) is 24.7 Å². The summed E-state index contributed by atoms with van der Waals surface area (Å²) in [5, 5.41) is 6.01. The lowest BCUT2D eigenvalue weighted by Crippen LogP contribution is -2.34. The second-order valence-corrected chi connectivity index (χ2v) is 6.26. The number of amides is 1. The first-order valence-corrected chi connectivity index (χ1v) is 8.11. The first kappa shape index (κ1) is 13.4. The van der Waals surface area contributed by atoms with Gasteiger partial charge in [-0.05, 0) is 30.4 Å². The van der Waals surface area contributed by atoms with Gasteiger partial charge in [-0.15, -0.1) is 11.3 Å². The largest absolute Gasteiger partial charge is 0.337 e. The molecule has 3 aromatic heterocycles. The number of hydrogen-bond donors (Lipinski definition) is 0. The fourth-order valence-corrected chi connectivity index (χ4v) is 3.38. The third kappa shape index (κ3) is 2.48. The van der Waals surface area contributed by atoms with Crippen LogP contribution in [0.3, 0.4) is 0 Å². The minimum absolute atomic E-state index is 0.160. The first-order chi connectivity index (χ1) is 10.8. The fourth-order valence-electron chi connectivity index (χ4n) is 2.60. The SMILES string of the molecule is O=C1CCCCN1Cc1nc(-c2cnc3ccsc3c2)no1. The highest BCUT2D eigenvalue weighted by atomic mass is 32.1. The number of hydrogen-bond acceptors (Lipinski definition) is 6. The molecule has 4 heterocycles. The molecular weight excluding hydrogens is 300 g/mol. The number of piperidine rings is 1. The van der Waals surface area contributed by atoms with Gasteiger partial charge < -0.3 is 9.42 Å². The molecular formula is C15H14N4O2S. The number of likely N-dealkylation sites (tertiary alicyclic amines) is 1. The monoisotopic (exact) mass is 314 g/mol. The molecule has 6 nitrogen and oxygen atoms in total. The van der Waals surface area contributed by atoms with Crippen LogP contribution in [0, 0.1) is 0 Å². The summed E-state index contributed by atoms with van der Waals surface area (Å²) in [6.07, 6.45) is 4.36. The number of aromatic nitrogens is 3. The molecule has 7 heteroatoms. The third-order valence-corrected chi connectivity index (χ3v) is 4.63. The lowest BCUT2D eigenvalue weighted by atomic mass is 10.1. The van der Waals surface area contributed by atoms with Crippen LogP contribution >= 0.6 is 11.3 Å². The summed E-state index contributed by atoms with van der Waals surface area (Å²) in [6, 6.07) is 3.99. The molecule has 112 valence electrons. The lowest BCUT2D eigenvalue weighted by molar-refractivity contribution is -0.134. The van der Waals surface area contributed by atoms with Crippen LogP contribution in [0.25, 0.3) is 21.6 Å². The van der Waals surface area contributed by atoms with Gasteiger partial charge in [0.2, 0.25) is 17.6 Å². The van der Waals surface area contributed by atoms with Gasteiger partial charge in [-0.25, -0.2) is 0 Å². The molecule has 0 aromatic carbocycles. The topological polar surface area (TPSA) is 72.1 Å². The normalized spacial score (nSPS) is 15.6. The summed E-state index contributed by atoms with van der Waals surface area (Å²) >= 11 is 1.63. The summed E-state index contributed by atoms with van der Waals surface area (Å²) in [5.41, 5.74) is 1.80. The molecule has 0 unspecified atom stereocenters. The van der Waals surface area contributed by atoms with Crippen molar-refractivity contribution in [2.75, 3.05) is 6.54 Å². The zero-order chi connectivity index (χ0) is 14.9. The minimum atomic E-state index is 0.160. The molecule has 0 aliphatic carbocycles. The maximum atomic E-state index is 11.8. The molecule has 1 aliphatic rings. The second kappa shape index (κ2) is 5.49. The zero-order valence-electron chi connectivity index (χ0n) is 11.9. The van der Waals surface area contributed by atoms with Gasteiger partial charge >= 0.3 is 0 Å². The van der Waals surface area contributed by atoms with Gasteiger partial charge in [-0.2, -0.15) is 4.98 Å². The quantitative estimate of drug-likeness (QED) is 0.743. The standard InChI is InChI=1S/C15H14N4O2S/c20-14-3-1-2-5-19(14)9-13-17-15(18-21-13)10-7-12-11(16-8-10)4-6-22-12/h4,6-8H,1-3,5,9H2. The van der Waals surface area contributed by atoms with Crippen molar-refractivity contribution in [3.05, 3.63) is 29.6 Å². The van der Waals surface area contributed by atoms with E-state index < -0.39 is 0 Å². The molecule has 0 spiro atoms. The number of fused-ring (bicyclic) bond motifs is 1. The van der Waals surface area contributed by atoms with E-state index >= 15 is 0 Å². The molecule has 1 saturated heterocycles. The van der Waals surface area contributed by atoms with Crippen LogP contribution in [0.4, 0.5) is 0 Å². The molecule has 22 heavy (non-hydrogen) atoms. The predicted molar refractivity (Wildman–Crippen MR) is 82.2 cm³/mol. The van der Waals surface area contributed by atoms with Crippen LogP contribution in [0.2, 0.25) is 0 Å². The van der Waals surface area contributed by atoms with Crippen LogP contribution in [-0.2, 0) is 11.3 Å².